The molecule has 2 aromatic carbocycles. The Morgan fingerprint density at radius 1 is 1.06 bits per heavy atom. The summed E-state index contributed by atoms with van der Waals surface area (Å²) in [5.41, 5.74) is 2.24. The van der Waals surface area contributed by atoms with E-state index in [1.165, 1.54) is 0 Å². The van der Waals surface area contributed by atoms with Gasteiger partial charge >= 0.3 is 0 Å². The molecule has 0 bridgehead atoms. The molecule has 18 heavy (non-hydrogen) atoms. The fourth-order valence-electron chi connectivity index (χ4n) is 1.88. The predicted octanol–water partition coefficient (Wildman–Crippen LogP) is 4.02. The third-order valence-electron chi connectivity index (χ3n) is 2.74. The molecule has 0 aliphatic carbocycles. The zero-order valence-corrected chi connectivity index (χ0v) is 10.5. The first-order valence-electron chi connectivity index (χ1n) is 5.92. The average Bonchev–Trinajstić information content (AvgIpc) is 2.46. The van der Waals surface area contributed by atoms with Crippen LogP contribution >= 0.6 is 0 Å². The molecule has 0 radical (unpaired) electrons. The second kappa shape index (κ2) is 5.92. The van der Waals surface area contributed by atoms with Crippen LogP contribution in [0.4, 0.5) is 11.4 Å². The molecule has 0 aromatic heterocycles. The van der Waals surface area contributed by atoms with E-state index < -0.39 is 0 Å². The Hall–Kier alpha value is -2.22. The van der Waals surface area contributed by atoms with Crippen LogP contribution in [0.1, 0.15) is 0 Å². The van der Waals surface area contributed by atoms with Gasteiger partial charge in [-0.05, 0) is 24.3 Å². The summed E-state index contributed by atoms with van der Waals surface area (Å²) in [6.45, 7) is 4.58. The number of hydrogen-bond acceptors (Lipinski definition) is 2. The van der Waals surface area contributed by atoms with Crippen molar-refractivity contribution in [2.45, 2.75) is 0 Å². The fourth-order valence-corrected chi connectivity index (χ4v) is 1.88. The van der Waals surface area contributed by atoms with E-state index >= 15 is 0 Å². The third kappa shape index (κ3) is 2.72. The first-order chi connectivity index (χ1) is 8.85. The SMILES string of the molecule is C=CCN(c1ccccc1)c1cccc(OC)c1. The highest BCUT2D eigenvalue weighted by atomic mass is 16.5. The third-order valence-corrected chi connectivity index (χ3v) is 2.74. The van der Waals surface area contributed by atoms with Crippen LogP contribution in [-0.4, -0.2) is 13.7 Å². The minimum absolute atomic E-state index is 0.761. The van der Waals surface area contributed by atoms with E-state index in [1.54, 1.807) is 7.11 Å². The van der Waals surface area contributed by atoms with E-state index in [2.05, 4.69) is 29.7 Å². The summed E-state index contributed by atoms with van der Waals surface area (Å²) in [5.74, 6) is 0.859. The maximum atomic E-state index is 5.27. The molecule has 2 rings (SSSR count). The molecule has 0 amide bonds. The molecule has 0 unspecified atom stereocenters. The van der Waals surface area contributed by atoms with Gasteiger partial charge < -0.3 is 9.64 Å². The fraction of sp³-hybridized carbons (Fsp3) is 0.125. The van der Waals surface area contributed by atoms with E-state index in [-0.39, 0.29) is 0 Å². The Morgan fingerprint density at radius 2 is 1.78 bits per heavy atom. The van der Waals surface area contributed by atoms with Gasteiger partial charge in [0.1, 0.15) is 5.75 Å². The Labute approximate surface area is 108 Å². The standard InChI is InChI=1S/C16H17NO/c1-3-12-17(14-8-5-4-6-9-14)15-10-7-11-16(13-15)18-2/h3-11,13H,1,12H2,2H3. The zero-order valence-electron chi connectivity index (χ0n) is 10.5. The van der Waals surface area contributed by atoms with Crippen molar-refractivity contribution in [3.63, 3.8) is 0 Å². The molecule has 2 heteroatoms. The molecule has 0 aliphatic heterocycles. The van der Waals surface area contributed by atoms with E-state index in [0.717, 1.165) is 23.7 Å². The molecule has 0 spiro atoms. The van der Waals surface area contributed by atoms with Crippen molar-refractivity contribution >= 4 is 11.4 Å². The number of ether oxygens (including phenoxy) is 1. The van der Waals surface area contributed by atoms with Gasteiger partial charge in [-0.15, -0.1) is 6.58 Å². The van der Waals surface area contributed by atoms with Crippen LogP contribution in [0, 0.1) is 0 Å². The maximum Gasteiger partial charge on any atom is 0.120 e. The van der Waals surface area contributed by atoms with Crippen molar-refractivity contribution in [2.75, 3.05) is 18.6 Å². The number of hydrogen-bond donors (Lipinski definition) is 0. The molecule has 0 N–H and O–H groups in total. The average molecular weight is 239 g/mol. The molecule has 2 aromatic rings. The van der Waals surface area contributed by atoms with Gasteiger partial charge in [-0.1, -0.05) is 30.3 Å². The molecule has 2 nitrogen and oxygen atoms in total. The first-order valence-corrected chi connectivity index (χ1v) is 5.92. The number of methoxy groups -OCH3 is 1. The number of nitrogens with zero attached hydrogens (tertiary/aromatic N) is 1. The topological polar surface area (TPSA) is 12.5 Å². The van der Waals surface area contributed by atoms with Crippen molar-refractivity contribution in [2.24, 2.45) is 0 Å². The summed E-state index contributed by atoms with van der Waals surface area (Å²) < 4.78 is 5.27. The van der Waals surface area contributed by atoms with Gasteiger partial charge in [-0.25, -0.2) is 0 Å². The Kier molecular flexibility index (Phi) is 4.02. The normalized spacial score (nSPS) is 9.83. The quantitative estimate of drug-likeness (QED) is 0.731. The van der Waals surface area contributed by atoms with Gasteiger partial charge in [0.2, 0.25) is 0 Å². The highest BCUT2D eigenvalue weighted by Gasteiger charge is 2.07. The molecule has 0 saturated heterocycles. The summed E-state index contributed by atoms with van der Waals surface area (Å²) in [6.07, 6.45) is 1.90. The lowest BCUT2D eigenvalue weighted by molar-refractivity contribution is 0.415. The molecule has 0 heterocycles. The Bertz CT molecular complexity index is 508. The zero-order chi connectivity index (χ0) is 12.8. The van der Waals surface area contributed by atoms with Crippen LogP contribution in [0.25, 0.3) is 0 Å². The Balaban J connectivity index is 2.38. The molecular formula is C16H17NO. The van der Waals surface area contributed by atoms with Crippen LogP contribution < -0.4 is 9.64 Å². The molecule has 0 atom stereocenters. The van der Waals surface area contributed by atoms with Crippen LogP contribution in [0.2, 0.25) is 0 Å². The lowest BCUT2D eigenvalue weighted by atomic mass is 10.2. The number of para-hydroxylation sites is 1. The van der Waals surface area contributed by atoms with Crippen molar-refractivity contribution < 1.29 is 4.74 Å². The minimum Gasteiger partial charge on any atom is -0.497 e. The lowest BCUT2D eigenvalue weighted by Gasteiger charge is -2.23. The van der Waals surface area contributed by atoms with Gasteiger partial charge in [-0.2, -0.15) is 0 Å². The Morgan fingerprint density at radius 3 is 2.44 bits per heavy atom. The number of benzene rings is 2. The summed E-state index contributed by atoms with van der Waals surface area (Å²) in [6, 6.07) is 18.3. The van der Waals surface area contributed by atoms with Gasteiger partial charge in [-0.3, -0.25) is 0 Å². The summed E-state index contributed by atoms with van der Waals surface area (Å²) in [7, 11) is 1.68. The van der Waals surface area contributed by atoms with E-state index in [1.807, 2.05) is 42.5 Å². The molecule has 0 saturated carbocycles. The van der Waals surface area contributed by atoms with Gasteiger partial charge in [0.25, 0.3) is 0 Å². The van der Waals surface area contributed by atoms with Gasteiger partial charge in [0.15, 0.2) is 0 Å². The molecule has 0 fully saturated rings. The van der Waals surface area contributed by atoms with Crippen LogP contribution in [0.5, 0.6) is 5.75 Å². The van der Waals surface area contributed by atoms with Gasteiger partial charge in [0, 0.05) is 24.0 Å². The minimum atomic E-state index is 0.761. The highest BCUT2D eigenvalue weighted by Crippen LogP contribution is 2.27. The molecular weight excluding hydrogens is 222 g/mol. The predicted molar refractivity (Wildman–Crippen MR) is 76.6 cm³/mol. The van der Waals surface area contributed by atoms with Crippen molar-refractivity contribution in [3.05, 3.63) is 67.3 Å². The van der Waals surface area contributed by atoms with Crippen molar-refractivity contribution in [3.8, 4) is 5.75 Å². The van der Waals surface area contributed by atoms with E-state index in [4.69, 9.17) is 4.74 Å². The first kappa shape index (κ1) is 12.2. The number of anilines is 2. The second-order valence-corrected chi connectivity index (χ2v) is 3.94. The van der Waals surface area contributed by atoms with Gasteiger partial charge in [0.05, 0.1) is 7.11 Å². The summed E-state index contributed by atoms with van der Waals surface area (Å²) in [5, 5.41) is 0. The monoisotopic (exact) mass is 239 g/mol. The van der Waals surface area contributed by atoms with Crippen molar-refractivity contribution in [1.29, 1.82) is 0 Å². The lowest BCUT2D eigenvalue weighted by Crippen LogP contribution is -2.16. The highest BCUT2D eigenvalue weighted by molar-refractivity contribution is 5.64. The maximum absolute atomic E-state index is 5.27. The second-order valence-electron chi connectivity index (χ2n) is 3.94. The van der Waals surface area contributed by atoms with Crippen molar-refractivity contribution in [1.82, 2.24) is 0 Å². The number of rotatable bonds is 5. The van der Waals surface area contributed by atoms with Crippen LogP contribution in [0.3, 0.4) is 0 Å². The van der Waals surface area contributed by atoms with E-state index in [0.29, 0.717) is 0 Å². The summed E-state index contributed by atoms with van der Waals surface area (Å²) in [4.78, 5) is 2.19. The molecule has 92 valence electrons. The van der Waals surface area contributed by atoms with Crippen LogP contribution in [0.15, 0.2) is 67.3 Å². The molecule has 0 aliphatic rings. The van der Waals surface area contributed by atoms with Crippen LogP contribution in [-0.2, 0) is 0 Å². The summed E-state index contributed by atoms with van der Waals surface area (Å²) >= 11 is 0. The van der Waals surface area contributed by atoms with E-state index in [9.17, 15) is 0 Å². The largest absolute Gasteiger partial charge is 0.497 e. The smallest absolute Gasteiger partial charge is 0.120 e.